The molecule has 1 aliphatic heterocycles. The van der Waals surface area contributed by atoms with Gasteiger partial charge in [-0.05, 0) is 25.1 Å². The first-order valence-corrected chi connectivity index (χ1v) is 9.76. The molecule has 1 saturated heterocycles. The van der Waals surface area contributed by atoms with Crippen LogP contribution < -0.4 is 0 Å². The minimum absolute atomic E-state index is 0.0898. The van der Waals surface area contributed by atoms with Crippen molar-refractivity contribution in [1.29, 1.82) is 0 Å². The molecule has 0 spiro atoms. The Balaban J connectivity index is 1.62. The van der Waals surface area contributed by atoms with Gasteiger partial charge in [-0.1, -0.05) is 30.0 Å². The number of carbonyl (C=O) groups is 1. The summed E-state index contributed by atoms with van der Waals surface area (Å²) in [6.45, 7) is 4.38. The molecule has 0 aliphatic carbocycles. The Kier molecular flexibility index (Phi) is 5.26. The summed E-state index contributed by atoms with van der Waals surface area (Å²) in [4.78, 5) is 14.3. The normalized spacial score (nSPS) is 14.5. The fourth-order valence-electron chi connectivity index (χ4n) is 2.99. The van der Waals surface area contributed by atoms with Gasteiger partial charge in [0, 0.05) is 18.8 Å². The Bertz CT molecular complexity index is 916. The predicted octanol–water partition coefficient (Wildman–Crippen LogP) is 2.79. The van der Waals surface area contributed by atoms with Gasteiger partial charge in [-0.25, -0.2) is 0 Å². The average Bonchev–Trinajstić information content (AvgIpc) is 3.33. The fraction of sp³-hybridized carbons (Fsp3) is 0.316. The zero-order chi connectivity index (χ0) is 18.6. The van der Waals surface area contributed by atoms with E-state index in [9.17, 15) is 4.79 Å². The van der Waals surface area contributed by atoms with Crippen LogP contribution >= 0.6 is 11.8 Å². The highest BCUT2D eigenvalue weighted by Crippen LogP contribution is 2.30. The molecule has 1 amide bonds. The van der Waals surface area contributed by atoms with E-state index in [0.29, 0.717) is 43.0 Å². The summed E-state index contributed by atoms with van der Waals surface area (Å²) in [6, 6.07) is 11.8. The molecular formula is C19H20N4O3S. The van der Waals surface area contributed by atoms with Crippen molar-refractivity contribution in [3.63, 3.8) is 0 Å². The number of furan rings is 1. The topological polar surface area (TPSA) is 73.4 Å². The maximum Gasteiger partial charge on any atom is 0.233 e. The number of para-hydroxylation sites is 1. The van der Waals surface area contributed by atoms with E-state index in [0.717, 1.165) is 17.0 Å². The molecule has 3 heterocycles. The molecule has 8 heteroatoms. The fourth-order valence-corrected chi connectivity index (χ4v) is 3.85. The molecule has 1 fully saturated rings. The Morgan fingerprint density at radius 3 is 2.63 bits per heavy atom. The van der Waals surface area contributed by atoms with Crippen LogP contribution in [0.15, 0.2) is 52.2 Å². The van der Waals surface area contributed by atoms with Crippen molar-refractivity contribution in [2.24, 2.45) is 0 Å². The van der Waals surface area contributed by atoms with Crippen molar-refractivity contribution < 1.29 is 13.9 Å². The second-order valence-corrected chi connectivity index (χ2v) is 7.09. The largest absolute Gasteiger partial charge is 0.469 e. The van der Waals surface area contributed by atoms with E-state index in [4.69, 9.17) is 9.15 Å². The number of carbonyl (C=O) groups excluding carboxylic acids is 1. The molecule has 0 bridgehead atoms. The van der Waals surface area contributed by atoms with Crippen molar-refractivity contribution in [3.05, 3.63) is 48.4 Å². The third-order valence-corrected chi connectivity index (χ3v) is 5.35. The van der Waals surface area contributed by atoms with Crippen LogP contribution in [0.2, 0.25) is 0 Å². The van der Waals surface area contributed by atoms with Gasteiger partial charge in [0.15, 0.2) is 11.0 Å². The van der Waals surface area contributed by atoms with E-state index in [1.165, 1.54) is 11.8 Å². The zero-order valence-corrected chi connectivity index (χ0v) is 15.8. The van der Waals surface area contributed by atoms with Crippen LogP contribution in [0.5, 0.6) is 0 Å². The van der Waals surface area contributed by atoms with Gasteiger partial charge in [0.2, 0.25) is 5.91 Å². The number of amides is 1. The Labute approximate surface area is 161 Å². The summed E-state index contributed by atoms with van der Waals surface area (Å²) >= 11 is 1.39. The quantitative estimate of drug-likeness (QED) is 0.630. The summed E-state index contributed by atoms with van der Waals surface area (Å²) in [6.07, 6.45) is 1.64. The highest BCUT2D eigenvalue weighted by molar-refractivity contribution is 7.99. The lowest BCUT2D eigenvalue weighted by Crippen LogP contribution is -2.41. The van der Waals surface area contributed by atoms with Gasteiger partial charge in [0.1, 0.15) is 5.76 Å². The van der Waals surface area contributed by atoms with Crippen LogP contribution in [0.1, 0.15) is 5.76 Å². The van der Waals surface area contributed by atoms with E-state index in [1.807, 2.05) is 52.8 Å². The standard InChI is InChI=1S/C19H20N4O3S/c1-14-16(7-10-26-14)18-20-21-19(23(18)15-5-3-2-4-6-15)27-13-17(24)22-8-11-25-12-9-22/h2-7,10H,8-9,11-13H2,1H3. The van der Waals surface area contributed by atoms with Crippen LogP contribution in [0, 0.1) is 6.92 Å². The monoisotopic (exact) mass is 384 g/mol. The average molecular weight is 384 g/mol. The minimum atomic E-state index is 0.0898. The summed E-state index contributed by atoms with van der Waals surface area (Å²) in [5.41, 5.74) is 1.83. The highest BCUT2D eigenvalue weighted by atomic mass is 32.2. The molecule has 0 N–H and O–H groups in total. The molecule has 1 aromatic carbocycles. The number of aromatic nitrogens is 3. The van der Waals surface area contributed by atoms with Crippen molar-refractivity contribution in [3.8, 4) is 17.1 Å². The number of nitrogens with zero attached hydrogens (tertiary/aromatic N) is 4. The smallest absolute Gasteiger partial charge is 0.233 e. The molecule has 1 aliphatic rings. The summed E-state index contributed by atoms with van der Waals surface area (Å²) in [5.74, 6) is 1.89. The summed E-state index contributed by atoms with van der Waals surface area (Å²) in [5, 5.41) is 9.40. The van der Waals surface area contributed by atoms with Crippen molar-refractivity contribution in [2.75, 3.05) is 32.1 Å². The minimum Gasteiger partial charge on any atom is -0.469 e. The first kappa shape index (κ1) is 17.8. The molecule has 140 valence electrons. The van der Waals surface area contributed by atoms with E-state index < -0.39 is 0 Å². The second-order valence-electron chi connectivity index (χ2n) is 6.15. The molecule has 0 atom stereocenters. The maximum absolute atomic E-state index is 12.5. The number of thioether (sulfide) groups is 1. The van der Waals surface area contributed by atoms with Gasteiger partial charge in [0.05, 0.1) is 30.8 Å². The maximum atomic E-state index is 12.5. The molecule has 4 rings (SSSR count). The molecule has 0 saturated carbocycles. The van der Waals surface area contributed by atoms with Gasteiger partial charge in [-0.15, -0.1) is 10.2 Å². The van der Waals surface area contributed by atoms with E-state index in [2.05, 4.69) is 10.2 Å². The lowest BCUT2D eigenvalue weighted by atomic mass is 10.2. The van der Waals surface area contributed by atoms with Crippen LogP contribution in [-0.2, 0) is 9.53 Å². The lowest BCUT2D eigenvalue weighted by Gasteiger charge is -2.26. The Morgan fingerprint density at radius 2 is 1.93 bits per heavy atom. The molecule has 0 radical (unpaired) electrons. The molecular weight excluding hydrogens is 364 g/mol. The summed E-state index contributed by atoms with van der Waals surface area (Å²) < 4.78 is 12.7. The third-order valence-electron chi connectivity index (χ3n) is 4.44. The molecule has 7 nitrogen and oxygen atoms in total. The van der Waals surface area contributed by atoms with Crippen molar-refractivity contribution in [2.45, 2.75) is 12.1 Å². The number of hydrogen-bond donors (Lipinski definition) is 0. The van der Waals surface area contributed by atoms with Crippen LogP contribution in [0.3, 0.4) is 0 Å². The van der Waals surface area contributed by atoms with E-state index in [1.54, 1.807) is 6.26 Å². The van der Waals surface area contributed by atoms with Gasteiger partial charge in [-0.3, -0.25) is 9.36 Å². The van der Waals surface area contributed by atoms with Gasteiger partial charge in [0.25, 0.3) is 0 Å². The number of benzene rings is 1. The van der Waals surface area contributed by atoms with Gasteiger partial charge < -0.3 is 14.1 Å². The number of hydrogen-bond acceptors (Lipinski definition) is 6. The Morgan fingerprint density at radius 1 is 1.15 bits per heavy atom. The van der Waals surface area contributed by atoms with Crippen molar-refractivity contribution in [1.82, 2.24) is 19.7 Å². The molecule has 27 heavy (non-hydrogen) atoms. The summed E-state index contributed by atoms with van der Waals surface area (Å²) in [7, 11) is 0. The van der Waals surface area contributed by atoms with Crippen LogP contribution in [-0.4, -0.2) is 57.6 Å². The molecule has 3 aromatic rings. The molecule has 2 aromatic heterocycles. The first-order chi connectivity index (χ1) is 13.2. The van der Waals surface area contributed by atoms with Crippen molar-refractivity contribution >= 4 is 17.7 Å². The van der Waals surface area contributed by atoms with E-state index in [-0.39, 0.29) is 5.91 Å². The lowest BCUT2D eigenvalue weighted by molar-refractivity contribution is -0.132. The highest BCUT2D eigenvalue weighted by Gasteiger charge is 2.21. The second kappa shape index (κ2) is 7.98. The number of rotatable bonds is 5. The zero-order valence-electron chi connectivity index (χ0n) is 15.0. The van der Waals surface area contributed by atoms with Gasteiger partial charge >= 0.3 is 0 Å². The predicted molar refractivity (Wildman–Crippen MR) is 102 cm³/mol. The first-order valence-electron chi connectivity index (χ1n) is 8.77. The van der Waals surface area contributed by atoms with Crippen LogP contribution in [0.25, 0.3) is 17.1 Å². The molecule has 0 unspecified atom stereocenters. The number of morpholine rings is 1. The SMILES string of the molecule is Cc1occc1-c1nnc(SCC(=O)N2CCOCC2)n1-c1ccccc1. The van der Waals surface area contributed by atoms with E-state index >= 15 is 0 Å². The third kappa shape index (κ3) is 3.77. The van der Waals surface area contributed by atoms with Gasteiger partial charge in [-0.2, -0.15) is 0 Å². The Hall–Kier alpha value is -2.58. The number of ether oxygens (including phenoxy) is 1. The number of aryl methyl sites for hydroxylation is 1. The van der Waals surface area contributed by atoms with Crippen LogP contribution in [0.4, 0.5) is 0 Å².